The minimum absolute atomic E-state index is 0.294. The number of anilines is 1. The molecule has 3 nitrogen and oxygen atoms in total. The maximum atomic E-state index is 12.8. The van der Waals surface area contributed by atoms with E-state index in [-0.39, 0.29) is 12.1 Å². The fourth-order valence-electron chi connectivity index (χ4n) is 3.81. The Labute approximate surface area is 160 Å². The Kier molecular flexibility index (Phi) is 4.68. The first kappa shape index (κ1) is 17.3. The minimum atomic E-state index is -0.354. The van der Waals surface area contributed by atoms with E-state index >= 15 is 0 Å². The van der Waals surface area contributed by atoms with Crippen molar-refractivity contribution in [2.45, 2.75) is 20.0 Å². The van der Waals surface area contributed by atoms with E-state index in [1.54, 1.807) is 0 Å². The van der Waals surface area contributed by atoms with Crippen molar-refractivity contribution in [3.63, 3.8) is 0 Å². The van der Waals surface area contributed by atoms with Gasteiger partial charge >= 0.3 is 5.97 Å². The van der Waals surface area contributed by atoms with Crippen molar-refractivity contribution in [1.29, 1.82) is 0 Å². The summed E-state index contributed by atoms with van der Waals surface area (Å²) < 4.78 is 5.95. The lowest BCUT2D eigenvalue weighted by Gasteiger charge is -2.21. The first-order chi connectivity index (χ1) is 13.2. The Bertz CT molecular complexity index is 913. The summed E-state index contributed by atoms with van der Waals surface area (Å²) in [6.45, 7) is 6.13. The lowest BCUT2D eigenvalue weighted by atomic mass is 10.1. The summed E-state index contributed by atoms with van der Waals surface area (Å²) in [5, 5.41) is 0. The molecule has 0 atom stereocenters. The van der Waals surface area contributed by atoms with Gasteiger partial charge in [0, 0.05) is 29.9 Å². The molecule has 0 heterocycles. The number of ether oxygens (including phenoxy) is 1. The molecule has 0 spiro atoms. The van der Waals surface area contributed by atoms with Crippen LogP contribution < -0.4 is 4.90 Å². The molecule has 3 aromatic carbocycles. The number of fused-ring (bicyclic) bond motifs is 3. The second-order valence-electron chi connectivity index (χ2n) is 6.68. The van der Waals surface area contributed by atoms with E-state index in [1.165, 1.54) is 0 Å². The molecule has 4 rings (SSSR count). The third kappa shape index (κ3) is 3.10. The van der Waals surface area contributed by atoms with Gasteiger partial charge < -0.3 is 9.64 Å². The van der Waals surface area contributed by atoms with Gasteiger partial charge in [0.1, 0.15) is 0 Å². The second kappa shape index (κ2) is 7.28. The normalized spacial score (nSPS) is 12.4. The first-order valence-corrected chi connectivity index (χ1v) is 9.47. The van der Waals surface area contributed by atoms with Crippen LogP contribution in [-0.2, 0) is 4.74 Å². The zero-order valence-electron chi connectivity index (χ0n) is 15.7. The van der Waals surface area contributed by atoms with Crippen LogP contribution in [0.4, 0.5) is 5.69 Å². The van der Waals surface area contributed by atoms with E-state index in [2.05, 4.69) is 30.9 Å². The zero-order valence-corrected chi connectivity index (χ0v) is 15.7. The Balaban J connectivity index is 1.60. The van der Waals surface area contributed by atoms with Crippen LogP contribution >= 0.6 is 0 Å². The Morgan fingerprint density at radius 3 is 1.85 bits per heavy atom. The van der Waals surface area contributed by atoms with E-state index in [1.807, 2.05) is 60.7 Å². The fourth-order valence-corrected chi connectivity index (χ4v) is 3.81. The Morgan fingerprint density at radius 2 is 1.33 bits per heavy atom. The molecule has 0 aromatic heterocycles. The summed E-state index contributed by atoms with van der Waals surface area (Å²) in [5.41, 5.74) is 6.07. The number of hydrogen-bond acceptors (Lipinski definition) is 3. The van der Waals surface area contributed by atoms with Crippen LogP contribution in [0.5, 0.6) is 0 Å². The van der Waals surface area contributed by atoms with Gasteiger partial charge in [0.15, 0.2) is 6.10 Å². The van der Waals surface area contributed by atoms with E-state index < -0.39 is 0 Å². The topological polar surface area (TPSA) is 29.5 Å². The monoisotopic (exact) mass is 357 g/mol. The van der Waals surface area contributed by atoms with E-state index in [0.717, 1.165) is 41.0 Å². The van der Waals surface area contributed by atoms with Gasteiger partial charge in [-0.25, -0.2) is 4.79 Å². The number of esters is 1. The van der Waals surface area contributed by atoms with E-state index in [4.69, 9.17) is 4.74 Å². The van der Waals surface area contributed by atoms with Gasteiger partial charge in [0.2, 0.25) is 0 Å². The molecule has 3 aromatic rings. The largest absolute Gasteiger partial charge is 0.449 e. The van der Waals surface area contributed by atoms with Crippen LogP contribution in [-0.4, -0.2) is 19.1 Å². The Morgan fingerprint density at radius 1 is 0.815 bits per heavy atom. The molecule has 0 bridgehead atoms. The summed E-state index contributed by atoms with van der Waals surface area (Å²) in [6, 6.07) is 23.9. The SMILES string of the molecule is CCN(CC)c1ccc(C(=O)OC2c3ccccc3-c3ccccc32)cc1. The van der Waals surface area contributed by atoms with Crippen molar-refractivity contribution in [2.75, 3.05) is 18.0 Å². The van der Waals surface area contributed by atoms with Crippen LogP contribution in [0.15, 0.2) is 72.8 Å². The van der Waals surface area contributed by atoms with Gasteiger partial charge in [-0.2, -0.15) is 0 Å². The lowest BCUT2D eigenvalue weighted by Crippen LogP contribution is -2.21. The summed E-state index contributed by atoms with van der Waals surface area (Å²) >= 11 is 0. The van der Waals surface area contributed by atoms with Gasteiger partial charge in [0.25, 0.3) is 0 Å². The quantitative estimate of drug-likeness (QED) is 0.568. The van der Waals surface area contributed by atoms with Crippen molar-refractivity contribution < 1.29 is 9.53 Å². The highest BCUT2D eigenvalue weighted by Crippen LogP contribution is 2.45. The van der Waals surface area contributed by atoms with Crippen LogP contribution in [0.2, 0.25) is 0 Å². The number of carbonyl (C=O) groups excluding carboxylic acids is 1. The fraction of sp³-hybridized carbons (Fsp3) is 0.208. The molecule has 1 aliphatic carbocycles. The van der Waals surface area contributed by atoms with Crippen LogP contribution in [0.1, 0.15) is 41.4 Å². The third-order valence-corrected chi connectivity index (χ3v) is 5.23. The average molecular weight is 357 g/mol. The Hall–Kier alpha value is -3.07. The summed E-state index contributed by atoms with van der Waals surface area (Å²) in [7, 11) is 0. The molecule has 0 amide bonds. The molecule has 1 aliphatic rings. The average Bonchev–Trinajstić information content (AvgIpc) is 3.04. The van der Waals surface area contributed by atoms with Crippen LogP contribution in [0.25, 0.3) is 11.1 Å². The molecule has 136 valence electrons. The molecule has 0 radical (unpaired) electrons. The lowest BCUT2D eigenvalue weighted by molar-refractivity contribution is 0.0386. The third-order valence-electron chi connectivity index (χ3n) is 5.23. The molecular formula is C24H23NO2. The van der Waals surface area contributed by atoms with Crippen LogP contribution in [0.3, 0.4) is 0 Å². The van der Waals surface area contributed by atoms with Crippen molar-refractivity contribution in [1.82, 2.24) is 0 Å². The first-order valence-electron chi connectivity index (χ1n) is 9.47. The molecule has 0 fully saturated rings. The number of rotatable bonds is 5. The highest BCUT2D eigenvalue weighted by atomic mass is 16.5. The van der Waals surface area contributed by atoms with Gasteiger partial charge in [-0.05, 0) is 49.2 Å². The number of carbonyl (C=O) groups is 1. The maximum absolute atomic E-state index is 12.8. The van der Waals surface area contributed by atoms with Gasteiger partial charge in [-0.3, -0.25) is 0 Å². The predicted octanol–water partition coefficient (Wildman–Crippen LogP) is 5.46. The molecule has 0 saturated heterocycles. The zero-order chi connectivity index (χ0) is 18.8. The van der Waals surface area contributed by atoms with Crippen molar-refractivity contribution >= 4 is 11.7 Å². The van der Waals surface area contributed by atoms with Gasteiger partial charge in [-0.15, -0.1) is 0 Å². The van der Waals surface area contributed by atoms with Gasteiger partial charge in [0.05, 0.1) is 5.56 Å². The maximum Gasteiger partial charge on any atom is 0.339 e. The van der Waals surface area contributed by atoms with E-state index in [0.29, 0.717) is 5.56 Å². The predicted molar refractivity (Wildman–Crippen MR) is 109 cm³/mol. The molecule has 0 N–H and O–H groups in total. The van der Waals surface area contributed by atoms with E-state index in [9.17, 15) is 4.79 Å². The van der Waals surface area contributed by atoms with Crippen molar-refractivity contribution in [2.24, 2.45) is 0 Å². The van der Waals surface area contributed by atoms with Crippen molar-refractivity contribution in [3.8, 4) is 11.1 Å². The number of nitrogens with zero attached hydrogens (tertiary/aromatic N) is 1. The summed E-state index contributed by atoms with van der Waals surface area (Å²) in [6.07, 6.45) is -0.354. The molecule has 3 heteroatoms. The number of benzene rings is 3. The molecular weight excluding hydrogens is 334 g/mol. The van der Waals surface area contributed by atoms with Crippen LogP contribution in [0, 0.1) is 0 Å². The minimum Gasteiger partial charge on any atom is -0.449 e. The standard InChI is InChI=1S/C24H23NO2/c1-3-25(4-2)18-15-13-17(14-16-18)24(26)27-23-21-11-7-5-9-19(21)20-10-6-8-12-22(20)23/h5-16,23H,3-4H2,1-2H3. The van der Waals surface area contributed by atoms with Crippen molar-refractivity contribution in [3.05, 3.63) is 89.5 Å². The smallest absolute Gasteiger partial charge is 0.339 e. The number of hydrogen-bond donors (Lipinski definition) is 0. The summed E-state index contributed by atoms with van der Waals surface area (Å²) in [4.78, 5) is 15.1. The highest BCUT2D eigenvalue weighted by molar-refractivity contribution is 5.91. The summed E-state index contributed by atoms with van der Waals surface area (Å²) in [5.74, 6) is -0.294. The van der Waals surface area contributed by atoms with Gasteiger partial charge in [-0.1, -0.05) is 48.5 Å². The molecule has 0 aliphatic heterocycles. The molecule has 27 heavy (non-hydrogen) atoms. The highest BCUT2D eigenvalue weighted by Gasteiger charge is 2.31. The second-order valence-corrected chi connectivity index (χ2v) is 6.68. The molecule has 0 saturated carbocycles. The molecule has 0 unspecified atom stereocenters.